The second-order valence-corrected chi connectivity index (χ2v) is 48.5. The van der Waals surface area contributed by atoms with Gasteiger partial charge in [0.05, 0.1) is 13.1 Å². The van der Waals surface area contributed by atoms with E-state index in [1.54, 1.807) is 16.7 Å². The quantitative estimate of drug-likeness (QED) is 0.241. The summed E-state index contributed by atoms with van der Waals surface area (Å²) in [5, 5.41) is 3.38. The van der Waals surface area contributed by atoms with E-state index < -0.39 is 11.3 Å². The Hall–Kier alpha value is -5.12. The zero-order valence-corrected chi connectivity index (χ0v) is 87.2. The van der Waals surface area contributed by atoms with Crippen molar-refractivity contribution in [3.63, 3.8) is 0 Å². The molecule has 0 aromatic carbocycles. The molecule has 21 nitrogen and oxygen atoms in total. The van der Waals surface area contributed by atoms with E-state index in [-0.39, 0.29) is 35.8 Å². The van der Waals surface area contributed by atoms with Crippen molar-refractivity contribution in [1.29, 1.82) is 0 Å². The maximum Gasteiger partial charge on any atom is 0.410 e. The third-order valence-electron chi connectivity index (χ3n) is 35.3. The van der Waals surface area contributed by atoms with Crippen molar-refractivity contribution in [3.8, 4) is 0 Å². The van der Waals surface area contributed by atoms with Gasteiger partial charge in [0.2, 0.25) is 47.3 Å². The molecule has 9 amide bonds. The molecule has 9 aliphatic heterocycles. The summed E-state index contributed by atoms with van der Waals surface area (Å²) in [6, 6.07) is 2.31. The first-order valence-corrected chi connectivity index (χ1v) is 56.0. The van der Waals surface area contributed by atoms with Crippen LogP contribution in [0.15, 0.2) is 0 Å². The molecule has 0 aromatic heterocycles. The van der Waals surface area contributed by atoms with Crippen molar-refractivity contribution in [1.82, 2.24) is 54.3 Å². The minimum absolute atomic E-state index is 0.00469. The Kier molecular flexibility index (Phi) is 43.1. The number of nitrogens with zero attached hydrogens (tertiary/aromatic N) is 10. The molecule has 0 unspecified atom stereocenters. The molecule has 1 N–H and O–H groups in total. The van der Waals surface area contributed by atoms with Crippen LogP contribution in [-0.2, 0) is 43.1 Å². The number of halogens is 1. The van der Waals surface area contributed by atoms with E-state index >= 15 is 0 Å². The maximum absolute atomic E-state index is 13.3. The smallest absolute Gasteiger partial charge is 0.410 e. The SMILES string of the molecule is CC1CCC(C(=O)N2CC(C)(F)C2)CC1.CC1CCC(C(=O)N2CCCCC2)CC1.CC1CCC(C(=O)N2CCCCC2)CC1.CC1CCC(C(=O)N2CCN(C(=O)OC(C)(C)C)[C@@H](C)C2)CC1.CC1CCC(C(=O)N2CCN(C)CC2)CC1.CC1CCC(C(=O)N2CCN[C@@H](C)C2)CC1.CC1CCC(C(=O)N2C[C@H]3CC[C@@H]2C3)CC1.CC1CCC(C(=O)N2[C@@H]3CCC[C@H]2CC3)CC1. The highest BCUT2D eigenvalue weighted by molar-refractivity contribution is 5.83. The van der Waals surface area contributed by atoms with Gasteiger partial charge in [-0.15, -0.1) is 0 Å². The minimum Gasteiger partial charge on any atom is -0.444 e. The lowest BCUT2D eigenvalue weighted by Gasteiger charge is -2.44. The summed E-state index contributed by atoms with van der Waals surface area (Å²) in [7, 11) is 2.13. The standard InChI is InChI=1S/C18H32N2O3.C15H25NO.C14H23NO.2C13H24N2O.2C13H23NO.C12H20FNO/c1-13-6-8-15(9-7-13)16(21)19-10-11-20(14(2)12-19)17(22)23-18(3,4)5;1-11-5-7-12(8-6-11)15(17)16-13-3-2-4-14(16)10-9-13;1-10-2-5-12(6-3-10)14(16)15-9-11-4-7-13(15)8-11;1-11-3-5-12(6-4-11)13(16)15-9-7-14(2)8-10-15;1-10-3-5-12(6-4-10)13(16)15-8-7-14-11(2)9-15;2*1-11-5-7-12(8-6-11)13(15)14-9-3-2-4-10-14;1-9-3-5-10(6-4-9)11(15)14-7-12(2,13)8-14/h13-15H,6-12H2,1-5H3;11-14H,2-10H2,1H3;10-13H,2-9H2,1H3;11-12H,3-10H2,1-2H3;10-12,14H,3-9H2,1-2H3;2*11-12H,2-10H2,1H3;9-10H,3-8H2,1-2H3/t13?,14-,15?;11?,12?,13-,14+;10?,11-,12?,13+;;10?,11-,12?;;;/m0.0.0.../s1. The topological polar surface area (TPSA) is 207 Å². The van der Waals surface area contributed by atoms with Crippen molar-refractivity contribution in [3.05, 3.63) is 0 Å². The summed E-state index contributed by atoms with van der Waals surface area (Å²) >= 11 is 0. The van der Waals surface area contributed by atoms with Gasteiger partial charge < -0.3 is 59.1 Å². The van der Waals surface area contributed by atoms with E-state index in [1.807, 2.05) is 32.6 Å². The molecule has 18 aliphatic rings. The number of nitrogens with one attached hydrogen (secondary N) is 1. The minimum atomic E-state index is -1.13. The molecule has 9 heterocycles. The van der Waals surface area contributed by atoms with Gasteiger partial charge in [-0.05, 0) is 397 Å². The summed E-state index contributed by atoms with van der Waals surface area (Å²) in [4.78, 5) is 131. The van der Waals surface area contributed by atoms with E-state index in [0.29, 0.717) is 128 Å². The fourth-order valence-electron chi connectivity index (χ4n) is 25.8. The van der Waals surface area contributed by atoms with Crippen molar-refractivity contribution in [2.24, 2.45) is 101 Å². The molecule has 133 heavy (non-hydrogen) atoms. The van der Waals surface area contributed by atoms with Crippen molar-refractivity contribution in [2.45, 2.75) is 434 Å². The first kappa shape index (κ1) is 108. The molecule has 9 aliphatic carbocycles. The molecule has 9 saturated carbocycles. The molecule has 9 saturated heterocycles. The van der Waals surface area contributed by atoms with Crippen LogP contribution in [0.3, 0.4) is 0 Å². The molecule has 760 valence electrons. The van der Waals surface area contributed by atoms with Gasteiger partial charge in [-0.2, -0.15) is 0 Å². The third kappa shape index (κ3) is 33.5. The number of piperazine rings is 3. The lowest BCUT2D eigenvalue weighted by molar-refractivity contribution is -0.150. The van der Waals surface area contributed by atoms with Gasteiger partial charge in [-0.3, -0.25) is 38.4 Å². The average Bonchev–Trinajstić information content (AvgIpc) is 1.33. The van der Waals surface area contributed by atoms with Crippen LogP contribution in [-0.4, -0.2) is 262 Å². The molecular formula is C111H194FN11O10. The Morgan fingerprint density at radius 2 is 0.609 bits per heavy atom. The molecule has 0 aromatic rings. The second-order valence-electron chi connectivity index (χ2n) is 48.5. The molecule has 18 rings (SSSR count). The van der Waals surface area contributed by atoms with E-state index in [4.69, 9.17) is 4.74 Å². The zero-order chi connectivity index (χ0) is 95.6. The Labute approximate surface area is 808 Å². The Bertz CT molecular complexity index is 3440. The molecule has 6 atom stereocenters. The number of carbonyl (C=O) groups is 9. The lowest BCUT2D eigenvalue weighted by atomic mass is 9.81. The number of hydrogen-bond acceptors (Lipinski definition) is 12. The van der Waals surface area contributed by atoms with E-state index in [1.165, 1.54) is 167 Å². The van der Waals surface area contributed by atoms with Crippen LogP contribution in [0.5, 0.6) is 0 Å². The average molecular weight is 1860 g/mol. The Morgan fingerprint density at radius 3 is 0.925 bits per heavy atom. The maximum atomic E-state index is 13.3. The van der Waals surface area contributed by atoms with Crippen LogP contribution in [0, 0.1) is 101 Å². The number of fused-ring (bicyclic) bond motifs is 4. The van der Waals surface area contributed by atoms with Crippen LogP contribution in [0.25, 0.3) is 0 Å². The first-order valence-electron chi connectivity index (χ1n) is 56.0. The van der Waals surface area contributed by atoms with Gasteiger partial charge >= 0.3 is 6.09 Å². The van der Waals surface area contributed by atoms with Crippen LogP contribution in [0.1, 0.15) is 392 Å². The van der Waals surface area contributed by atoms with Gasteiger partial charge in [0.1, 0.15) is 11.3 Å². The number of amides is 9. The van der Waals surface area contributed by atoms with Crippen molar-refractivity contribution in [2.75, 3.05) is 118 Å². The summed E-state index contributed by atoms with van der Waals surface area (Å²) < 4.78 is 18.7. The zero-order valence-electron chi connectivity index (χ0n) is 87.2. The monoisotopic (exact) mass is 1860 g/mol. The Morgan fingerprint density at radius 1 is 0.301 bits per heavy atom. The largest absolute Gasteiger partial charge is 0.444 e. The highest BCUT2D eigenvalue weighted by Crippen LogP contribution is 2.44. The fraction of sp³-hybridized carbons (Fsp3) is 0.919. The Balaban J connectivity index is 0.000000147. The molecule has 4 bridgehead atoms. The summed E-state index contributed by atoms with van der Waals surface area (Å²) in [5.41, 5.74) is -1.61. The number of likely N-dealkylation sites (N-methyl/N-ethyl adjacent to an activating group) is 1. The second kappa shape index (κ2) is 52.9. The summed E-state index contributed by atoms with van der Waals surface area (Å²) in [5.74, 6) is 13.1. The molecular weight excluding hydrogens is 1670 g/mol. The molecule has 0 spiro atoms. The van der Waals surface area contributed by atoms with E-state index in [0.717, 1.165) is 260 Å². The number of rotatable bonds is 8. The lowest BCUT2D eigenvalue weighted by Crippen LogP contribution is -2.60. The third-order valence-corrected chi connectivity index (χ3v) is 35.3. The summed E-state index contributed by atoms with van der Waals surface area (Å²) in [6.45, 7) is 43.9. The van der Waals surface area contributed by atoms with Gasteiger partial charge in [0.25, 0.3) is 0 Å². The molecule has 22 heteroatoms. The number of likely N-dealkylation sites (tertiary alicyclic amines) is 4. The molecule has 18 fully saturated rings. The fourth-order valence-corrected chi connectivity index (χ4v) is 25.8. The predicted octanol–water partition coefficient (Wildman–Crippen LogP) is 20.7. The van der Waals surface area contributed by atoms with Crippen LogP contribution in [0.4, 0.5) is 9.18 Å². The first-order chi connectivity index (χ1) is 63.5. The summed E-state index contributed by atoms with van der Waals surface area (Å²) in [6.07, 6.45) is 54.9. The van der Waals surface area contributed by atoms with E-state index in [2.05, 4.69) is 109 Å². The van der Waals surface area contributed by atoms with Gasteiger partial charge in [0, 0.05) is 176 Å². The molecule has 0 radical (unpaired) electrons. The highest BCUT2D eigenvalue weighted by atomic mass is 19.1. The van der Waals surface area contributed by atoms with Gasteiger partial charge in [0.15, 0.2) is 0 Å². The van der Waals surface area contributed by atoms with Gasteiger partial charge in [-0.1, -0.05) is 55.4 Å². The van der Waals surface area contributed by atoms with Crippen LogP contribution in [0.2, 0.25) is 0 Å². The number of hydrogen-bond donors (Lipinski definition) is 1. The highest BCUT2D eigenvalue weighted by Gasteiger charge is 2.47. The normalized spacial score (nSPS) is 35.1. The van der Waals surface area contributed by atoms with Crippen molar-refractivity contribution < 1.29 is 52.3 Å². The number of alkyl halides is 1. The van der Waals surface area contributed by atoms with Crippen LogP contribution < -0.4 is 5.32 Å². The number of piperidine rings is 4. The van der Waals surface area contributed by atoms with Crippen LogP contribution >= 0.6 is 0 Å². The predicted molar refractivity (Wildman–Crippen MR) is 533 cm³/mol. The number of ether oxygens (including phenoxy) is 1. The number of carbonyl (C=O) groups excluding carboxylic acids is 9. The van der Waals surface area contributed by atoms with Crippen molar-refractivity contribution >= 4 is 53.4 Å². The van der Waals surface area contributed by atoms with Gasteiger partial charge in [-0.25, -0.2) is 9.18 Å². The van der Waals surface area contributed by atoms with E-state index in [9.17, 15) is 47.5 Å².